The minimum atomic E-state index is -3.74. The molecule has 8 nitrogen and oxygen atoms in total. The second-order valence-electron chi connectivity index (χ2n) is 8.08. The van der Waals surface area contributed by atoms with Gasteiger partial charge < -0.3 is 15.2 Å². The fourth-order valence-electron chi connectivity index (χ4n) is 3.96. The van der Waals surface area contributed by atoms with Crippen molar-refractivity contribution in [1.82, 2.24) is 13.8 Å². The molecule has 1 fully saturated rings. The summed E-state index contributed by atoms with van der Waals surface area (Å²) in [7, 11) is -0.377. The van der Waals surface area contributed by atoms with Gasteiger partial charge in [0.2, 0.25) is 15.9 Å². The molecule has 2 amide bonds. The van der Waals surface area contributed by atoms with E-state index in [1.165, 1.54) is 26.7 Å². The summed E-state index contributed by atoms with van der Waals surface area (Å²) >= 11 is 0. The Morgan fingerprint density at radius 3 is 2.23 bits per heavy atom. The van der Waals surface area contributed by atoms with Crippen LogP contribution in [0.4, 0.5) is 0 Å². The number of nitrogens with two attached hydrogens (primary N) is 1. The van der Waals surface area contributed by atoms with Crippen LogP contribution < -0.4 is 5.73 Å². The second kappa shape index (κ2) is 9.23. The highest BCUT2D eigenvalue weighted by molar-refractivity contribution is 7.89. The van der Waals surface area contributed by atoms with Crippen LogP contribution in [0.1, 0.15) is 41.4 Å². The number of sulfonamides is 1. The molecule has 2 N–H and O–H groups in total. The van der Waals surface area contributed by atoms with Crippen molar-refractivity contribution in [1.29, 1.82) is 0 Å². The van der Waals surface area contributed by atoms with E-state index in [1.807, 2.05) is 12.1 Å². The van der Waals surface area contributed by atoms with Gasteiger partial charge in [-0.1, -0.05) is 31.2 Å². The van der Waals surface area contributed by atoms with Crippen molar-refractivity contribution in [2.24, 2.45) is 18.7 Å². The first-order chi connectivity index (χ1) is 14.6. The molecule has 0 atom stereocenters. The van der Waals surface area contributed by atoms with E-state index in [4.69, 9.17) is 5.73 Å². The molecule has 1 aliphatic heterocycles. The molecule has 3 rings (SSSR count). The lowest BCUT2D eigenvalue weighted by Gasteiger charge is -2.32. The molecule has 0 saturated carbocycles. The number of nitrogens with zero attached hydrogens (tertiary/aromatic N) is 3. The molecule has 1 aromatic carbocycles. The van der Waals surface area contributed by atoms with Gasteiger partial charge in [-0.25, -0.2) is 8.42 Å². The van der Waals surface area contributed by atoms with Crippen molar-refractivity contribution < 1.29 is 18.0 Å². The molecular weight excluding hydrogens is 416 g/mol. The fourth-order valence-corrected chi connectivity index (χ4v) is 5.50. The number of hydrogen-bond donors (Lipinski definition) is 1. The van der Waals surface area contributed by atoms with E-state index in [-0.39, 0.29) is 35.5 Å². The highest BCUT2D eigenvalue weighted by Gasteiger charge is 2.34. The number of aromatic nitrogens is 1. The lowest BCUT2D eigenvalue weighted by Crippen LogP contribution is -2.43. The maximum absolute atomic E-state index is 12.9. The topological polar surface area (TPSA) is 106 Å². The summed E-state index contributed by atoms with van der Waals surface area (Å²) in [6.07, 6.45) is 3.30. The SMILES string of the molecule is CCc1ccc(CN(C)C(=O)C2CCN(S(=O)(=O)c3cc(C(N)=O)n(C)c3)CC2)cc1. The molecule has 168 valence electrons. The Hall–Kier alpha value is -2.65. The number of aryl methyl sites for hydroxylation is 2. The Morgan fingerprint density at radius 2 is 1.71 bits per heavy atom. The molecule has 2 heterocycles. The number of amides is 2. The number of primary amides is 1. The van der Waals surface area contributed by atoms with Crippen molar-refractivity contribution in [2.75, 3.05) is 20.1 Å². The van der Waals surface area contributed by atoms with Gasteiger partial charge in [-0.15, -0.1) is 0 Å². The van der Waals surface area contributed by atoms with Crippen LogP contribution in [0.3, 0.4) is 0 Å². The highest BCUT2D eigenvalue weighted by Crippen LogP contribution is 2.26. The molecule has 0 bridgehead atoms. The Labute approximate surface area is 183 Å². The summed E-state index contributed by atoms with van der Waals surface area (Å²) in [5.74, 6) is -0.851. The third-order valence-corrected chi connectivity index (χ3v) is 7.76. The number of hydrogen-bond acceptors (Lipinski definition) is 4. The zero-order chi connectivity index (χ0) is 22.8. The highest BCUT2D eigenvalue weighted by atomic mass is 32.2. The van der Waals surface area contributed by atoms with E-state index in [9.17, 15) is 18.0 Å². The minimum Gasteiger partial charge on any atom is -0.364 e. The average molecular weight is 447 g/mol. The van der Waals surface area contributed by atoms with Gasteiger partial charge in [0.15, 0.2) is 0 Å². The first-order valence-electron chi connectivity index (χ1n) is 10.4. The maximum atomic E-state index is 12.9. The summed E-state index contributed by atoms with van der Waals surface area (Å²) in [4.78, 5) is 26.1. The normalized spacial score (nSPS) is 15.7. The smallest absolute Gasteiger partial charge is 0.265 e. The van der Waals surface area contributed by atoms with Gasteiger partial charge in [0.05, 0.1) is 0 Å². The molecule has 0 aliphatic carbocycles. The van der Waals surface area contributed by atoms with Crippen LogP contribution in [0, 0.1) is 5.92 Å². The number of rotatable bonds is 7. The Kier molecular flexibility index (Phi) is 6.86. The van der Waals surface area contributed by atoms with Crippen molar-refractivity contribution in [3.05, 3.63) is 53.3 Å². The summed E-state index contributed by atoms with van der Waals surface area (Å²) < 4.78 is 28.7. The Bertz CT molecular complexity index is 1050. The molecule has 1 saturated heterocycles. The predicted octanol–water partition coefficient (Wildman–Crippen LogP) is 1.75. The molecule has 0 unspecified atom stereocenters. The van der Waals surface area contributed by atoms with Crippen molar-refractivity contribution in [3.8, 4) is 0 Å². The third kappa shape index (κ3) is 4.99. The van der Waals surface area contributed by atoms with Crippen LogP contribution in [0.25, 0.3) is 0 Å². The summed E-state index contributed by atoms with van der Waals surface area (Å²) in [6.45, 7) is 3.16. The number of carbonyl (C=O) groups is 2. The van der Waals surface area contributed by atoms with Gasteiger partial charge in [-0.2, -0.15) is 4.31 Å². The van der Waals surface area contributed by atoms with Crippen molar-refractivity contribution in [3.63, 3.8) is 0 Å². The Balaban J connectivity index is 1.60. The first-order valence-corrected chi connectivity index (χ1v) is 11.9. The second-order valence-corrected chi connectivity index (χ2v) is 10.0. The van der Waals surface area contributed by atoms with Crippen LogP contribution in [-0.2, 0) is 34.8 Å². The molecular formula is C22H30N4O4S. The molecule has 1 aromatic heterocycles. The molecule has 31 heavy (non-hydrogen) atoms. The molecule has 9 heteroatoms. The van der Waals surface area contributed by atoms with Gasteiger partial charge in [-0.3, -0.25) is 9.59 Å². The van der Waals surface area contributed by atoms with Crippen molar-refractivity contribution in [2.45, 2.75) is 37.6 Å². The van der Waals surface area contributed by atoms with Crippen LogP contribution in [0.5, 0.6) is 0 Å². The quantitative estimate of drug-likeness (QED) is 0.699. The largest absolute Gasteiger partial charge is 0.364 e. The van der Waals surface area contributed by atoms with Crippen LogP contribution in [0.15, 0.2) is 41.4 Å². The lowest BCUT2D eigenvalue weighted by atomic mass is 9.96. The van der Waals surface area contributed by atoms with E-state index in [1.54, 1.807) is 19.0 Å². The van der Waals surface area contributed by atoms with Crippen LogP contribution in [0.2, 0.25) is 0 Å². The van der Waals surface area contributed by atoms with E-state index in [2.05, 4.69) is 19.1 Å². The lowest BCUT2D eigenvalue weighted by molar-refractivity contribution is -0.135. The monoisotopic (exact) mass is 446 g/mol. The Morgan fingerprint density at radius 1 is 1.13 bits per heavy atom. The minimum absolute atomic E-state index is 0.0346. The summed E-state index contributed by atoms with van der Waals surface area (Å²) in [5, 5.41) is 0. The number of piperidine rings is 1. The average Bonchev–Trinajstić information content (AvgIpc) is 3.16. The first kappa shape index (κ1) is 23.0. The summed E-state index contributed by atoms with van der Waals surface area (Å²) in [6, 6.07) is 9.52. The van der Waals surface area contributed by atoms with Gasteiger partial charge in [0, 0.05) is 45.8 Å². The van der Waals surface area contributed by atoms with Gasteiger partial charge in [-0.05, 0) is 36.5 Å². The molecule has 1 aliphatic rings. The number of benzene rings is 1. The third-order valence-electron chi connectivity index (χ3n) is 5.90. The van der Waals surface area contributed by atoms with Crippen molar-refractivity contribution >= 4 is 21.8 Å². The number of carbonyl (C=O) groups excluding carboxylic acids is 2. The fraction of sp³-hybridized carbons (Fsp3) is 0.455. The van der Waals surface area contributed by atoms with E-state index in [0.717, 1.165) is 12.0 Å². The molecule has 2 aromatic rings. The summed E-state index contributed by atoms with van der Waals surface area (Å²) in [5.41, 5.74) is 7.75. The van der Waals surface area contributed by atoms with E-state index < -0.39 is 15.9 Å². The zero-order valence-corrected chi connectivity index (χ0v) is 19.1. The van der Waals surface area contributed by atoms with E-state index >= 15 is 0 Å². The zero-order valence-electron chi connectivity index (χ0n) is 18.2. The van der Waals surface area contributed by atoms with Crippen LogP contribution in [-0.4, -0.2) is 54.1 Å². The molecule has 0 radical (unpaired) electrons. The van der Waals surface area contributed by atoms with Gasteiger partial charge >= 0.3 is 0 Å². The molecule has 0 spiro atoms. The van der Waals surface area contributed by atoms with Gasteiger partial charge in [0.1, 0.15) is 10.6 Å². The van der Waals surface area contributed by atoms with E-state index in [0.29, 0.717) is 19.4 Å². The maximum Gasteiger partial charge on any atom is 0.265 e. The van der Waals surface area contributed by atoms with Crippen LogP contribution >= 0.6 is 0 Å². The predicted molar refractivity (Wildman–Crippen MR) is 118 cm³/mol. The standard InChI is InChI=1S/C22H30N4O4S/c1-4-16-5-7-17(8-6-16)14-25(3)22(28)18-9-11-26(12-10-18)31(29,30)19-13-20(21(23)27)24(2)15-19/h5-8,13,15,18H,4,9-12,14H2,1-3H3,(H2,23,27). The van der Waals surface area contributed by atoms with Gasteiger partial charge in [0.25, 0.3) is 5.91 Å².